The lowest BCUT2D eigenvalue weighted by Gasteiger charge is -2.04. The van der Waals surface area contributed by atoms with Crippen molar-refractivity contribution in [3.63, 3.8) is 0 Å². The van der Waals surface area contributed by atoms with Crippen LogP contribution in [-0.4, -0.2) is 0 Å². The maximum Gasteiger partial charge on any atom is 0.212 e. The van der Waals surface area contributed by atoms with Gasteiger partial charge in [0.1, 0.15) is 30.1 Å². The third kappa shape index (κ3) is 1.99. The molecule has 3 nitrogen and oxygen atoms in total. The molecule has 2 heterocycles. The predicted octanol–water partition coefficient (Wildman–Crippen LogP) is 4.40. The summed E-state index contributed by atoms with van der Waals surface area (Å²) < 4.78 is 21.7. The van der Waals surface area contributed by atoms with E-state index in [-0.39, 0.29) is 5.56 Å². The van der Waals surface area contributed by atoms with Crippen molar-refractivity contribution >= 4 is 21.9 Å². The lowest BCUT2D eigenvalue weighted by molar-refractivity contribution is -0.660. The molecule has 0 fully saturated rings. The summed E-state index contributed by atoms with van der Waals surface area (Å²) >= 11 is 0. The summed E-state index contributed by atoms with van der Waals surface area (Å²) in [5.74, 6) is -0.560. The molecular weight excluding hydrogens is 303 g/mol. The van der Waals surface area contributed by atoms with Crippen LogP contribution in [-0.2, 0) is 7.05 Å². The van der Waals surface area contributed by atoms with Crippen LogP contribution in [0.2, 0.25) is 0 Å². The number of nitrogens with zero attached hydrogens (tertiary/aromatic N) is 2. The van der Waals surface area contributed by atoms with E-state index in [1.807, 2.05) is 50.5 Å². The van der Waals surface area contributed by atoms with E-state index < -0.39 is 5.82 Å². The molecule has 4 aromatic rings. The van der Waals surface area contributed by atoms with Crippen LogP contribution in [0.5, 0.6) is 0 Å². The highest BCUT2D eigenvalue weighted by atomic mass is 19.1. The van der Waals surface area contributed by atoms with Crippen molar-refractivity contribution < 1.29 is 13.4 Å². The van der Waals surface area contributed by atoms with Crippen molar-refractivity contribution in [2.24, 2.45) is 7.05 Å². The first kappa shape index (κ1) is 14.4. The number of hydrogen-bond donors (Lipinski definition) is 0. The largest absolute Gasteiger partial charge is 0.455 e. The first-order valence-corrected chi connectivity index (χ1v) is 7.60. The molecule has 0 atom stereocenters. The van der Waals surface area contributed by atoms with Crippen molar-refractivity contribution in [1.29, 1.82) is 5.26 Å². The fourth-order valence-electron chi connectivity index (χ4n) is 3.15. The van der Waals surface area contributed by atoms with Crippen LogP contribution in [0.1, 0.15) is 11.1 Å². The minimum atomic E-state index is -0.560. The average molecular weight is 317 g/mol. The molecule has 0 aliphatic heterocycles. The molecule has 0 bridgehead atoms. The predicted molar refractivity (Wildman–Crippen MR) is 89.7 cm³/mol. The maximum absolute atomic E-state index is 13.8. The Bertz CT molecular complexity index is 1150. The SMILES string of the molecule is Cc1cc2oc3c(C#N)c(F)ccc3c2cc1-c1cccc[n+]1C. The van der Waals surface area contributed by atoms with Crippen molar-refractivity contribution in [3.05, 3.63) is 65.6 Å². The second-order valence-corrected chi connectivity index (χ2v) is 5.87. The molecule has 4 rings (SSSR count). The molecule has 4 heteroatoms. The van der Waals surface area contributed by atoms with Crippen LogP contribution in [0.15, 0.2) is 53.1 Å². The molecule has 0 aliphatic rings. The van der Waals surface area contributed by atoms with Gasteiger partial charge in [-0.3, -0.25) is 0 Å². The number of furan rings is 1. The lowest BCUT2D eigenvalue weighted by atomic mass is 10.0. The number of aryl methyl sites for hydroxylation is 2. The van der Waals surface area contributed by atoms with Crippen molar-refractivity contribution in [2.75, 3.05) is 0 Å². The number of hydrogen-bond acceptors (Lipinski definition) is 2. The summed E-state index contributed by atoms with van der Waals surface area (Å²) in [6.07, 6.45) is 2.00. The summed E-state index contributed by atoms with van der Waals surface area (Å²) in [5.41, 5.74) is 4.13. The van der Waals surface area contributed by atoms with Crippen LogP contribution in [0.3, 0.4) is 0 Å². The summed E-state index contributed by atoms with van der Waals surface area (Å²) in [7, 11) is 2.00. The van der Waals surface area contributed by atoms with Gasteiger partial charge in [0.05, 0.1) is 0 Å². The molecule has 0 saturated carbocycles. The average Bonchev–Trinajstić information content (AvgIpc) is 2.92. The van der Waals surface area contributed by atoms with Crippen LogP contribution < -0.4 is 4.57 Å². The van der Waals surface area contributed by atoms with Gasteiger partial charge in [-0.15, -0.1) is 0 Å². The minimum Gasteiger partial charge on any atom is -0.455 e. The number of fused-ring (bicyclic) bond motifs is 3. The van der Waals surface area contributed by atoms with Gasteiger partial charge in [0.15, 0.2) is 11.8 Å². The third-order valence-corrected chi connectivity index (χ3v) is 4.38. The van der Waals surface area contributed by atoms with Gasteiger partial charge in [-0.2, -0.15) is 5.26 Å². The molecule has 0 spiro atoms. The van der Waals surface area contributed by atoms with E-state index in [1.54, 1.807) is 6.07 Å². The maximum atomic E-state index is 13.8. The molecular formula is C20H14FN2O+. The fraction of sp³-hybridized carbons (Fsp3) is 0.100. The zero-order valence-electron chi connectivity index (χ0n) is 13.3. The summed E-state index contributed by atoms with van der Waals surface area (Å²) in [5, 5.41) is 10.8. The molecule has 116 valence electrons. The molecule has 2 aromatic heterocycles. The Morgan fingerprint density at radius 3 is 2.71 bits per heavy atom. The van der Waals surface area contributed by atoms with Gasteiger partial charge in [0.25, 0.3) is 0 Å². The molecule has 24 heavy (non-hydrogen) atoms. The number of aromatic nitrogens is 1. The molecule has 0 aliphatic carbocycles. The highest BCUT2D eigenvalue weighted by Crippen LogP contribution is 2.35. The first-order chi connectivity index (χ1) is 11.6. The van der Waals surface area contributed by atoms with E-state index in [9.17, 15) is 9.65 Å². The molecule has 0 radical (unpaired) electrons. The van der Waals surface area contributed by atoms with Crippen LogP contribution in [0, 0.1) is 24.1 Å². The minimum absolute atomic E-state index is 0.0480. The number of pyridine rings is 1. The van der Waals surface area contributed by atoms with Gasteiger partial charge in [-0.05, 0) is 42.8 Å². The van der Waals surface area contributed by atoms with Crippen LogP contribution in [0.25, 0.3) is 33.2 Å². The van der Waals surface area contributed by atoms with E-state index in [0.29, 0.717) is 11.2 Å². The molecule has 0 unspecified atom stereocenters. The normalized spacial score (nSPS) is 11.1. The lowest BCUT2D eigenvalue weighted by Crippen LogP contribution is -2.30. The summed E-state index contributed by atoms with van der Waals surface area (Å²) in [4.78, 5) is 0. The molecule has 0 amide bonds. The van der Waals surface area contributed by atoms with Gasteiger partial charge >= 0.3 is 0 Å². The molecule has 0 N–H and O–H groups in total. The Balaban J connectivity index is 2.10. The number of benzene rings is 2. The quantitative estimate of drug-likeness (QED) is 0.488. The first-order valence-electron chi connectivity index (χ1n) is 7.60. The van der Waals surface area contributed by atoms with E-state index in [2.05, 4.69) is 10.6 Å². The summed E-state index contributed by atoms with van der Waals surface area (Å²) in [6, 6.07) is 14.9. The Kier molecular flexibility index (Phi) is 3.10. The second kappa shape index (κ2) is 5.17. The standard InChI is InChI=1S/C20H14FN2O/c1-12-9-19-15(10-14(12)18-5-3-4-8-23(18)2)13-6-7-17(21)16(11-22)20(13)24-19/h3-10H,1-2H3/q+1. The van der Waals surface area contributed by atoms with E-state index in [0.717, 1.165) is 27.6 Å². The Hall–Kier alpha value is -3.19. The topological polar surface area (TPSA) is 40.8 Å². The van der Waals surface area contributed by atoms with Gasteiger partial charge in [0, 0.05) is 28.5 Å². The monoisotopic (exact) mass is 317 g/mol. The van der Waals surface area contributed by atoms with Gasteiger partial charge in [-0.25, -0.2) is 8.96 Å². The van der Waals surface area contributed by atoms with Crippen molar-refractivity contribution in [3.8, 4) is 17.3 Å². The van der Waals surface area contributed by atoms with Crippen LogP contribution in [0.4, 0.5) is 4.39 Å². The zero-order chi connectivity index (χ0) is 16.8. The second-order valence-electron chi connectivity index (χ2n) is 5.87. The Morgan fingerprint density at radius 2 is 1.96 bits per heavy atom. The van der Waals surface area contributed by atoms with Gasteiger partial charge in [-0.1, -0.05) is 0 Å². The molecule has 0 saturated heterocycles. The van der Waals surface area contributed by atoms with Gasteiger partial charge < -0.3 is 4.42 Å². The van der Waals surface area contributed by atoms with Crippen molar-refractivity contribution in [2.45, 2.75) is 6.92 Å². The number of rotatable bonds is 1. The van der Waals surface area contributed by atoms with Crippen LogP contribution >= 0.6 is 0 Å². The third-order valence-electron chi connectivity index (χ3n) is 4.38. The fourth-order valence-corrected chi connectivity index (χ4v) is 3.15. The van der Waals surface area contributed by atoms with Crippen molar-refractivity contribution in [1.82, 2.24) is 0 Å². The van der Waals surface area contributed by atoms with E-state index in [4.69, 9.17) is 4.42 Å². The summed E-state index contributed by atoms with van der Waals surface area (Å²) in [6.45, 7) is 2.01. The molecule has 2 aromatic carbocycles. The highest BCUT2D eigenvalue weighted by Gasteiger charge is 2.18. The number of halogens is 1. The van der Waals surface area contributed by atoms with E-state index in [1.165, 1.54) is 6.07 Å². The highest BCUT2D eigenvalue weighted by molar-refractivity contribution is 6.08. The zero-order valence-corrected chi connectivity index (χ0v) is 13.3. The Morgan fingerprint density at radius 1 is 1.12 bits per heavy atom. The Labute approximate surface area is 138 Å². The van der Waals surface area contributed by atoms with E-state index >= 15 is 0 Å². The smallest absolute Gasteiger partial charge is 0.212 e. The van der Waals surface area contributed by atoms with Gasteiger partial charge in [0.2, 0.25) is 5.69 Å². The number of nitriles is 1.